The Morgan fingerprint density at radius 3 is 2.76 bits per heavy atom. The highest BCUT2D eigenvalue weighted by Crippen LogP contribution is 2.29. The molecule has 1 fully saturated rings. The van der Waals surface area contributed by atoms with Crippen LogP contribution < -0.4 is 4.90 Å². The Balaban J connectivity index is 2.17. The van der Waals surface area contributed by atoms with Crippen LogP contribution in [0, 0.1) is 5.92 Å². The first-order valence-corrected chi connectivity index (χ1v) is 6.20. The van der Waals surface area contributed by atoms with Crippen LogP contribution in [0.3, 0.4) is 0 Å². The summed E-state index contributed by atoms with van der Waals surface area (Å²) >= 11 is 0. The van der Waals surface area contributed by atoms with Gasteiger partial charge in [-0.25, -0.2) is 4.79 Å². The first kappa shape index (κ1) is 12.0. The van der Waals surface area contributed by atoms with Gasteiger partial charge in [0.1, 0.15) is 6.04 Å². The van der Waals surface area contributed by atoms with Crippen molar-refractivity contribution in [3.05, 3.63) is 30.3 Å². The summed E-state index contributed by atoms with van der Waals surface area (Å²) in [6.07, 6.45) is 0.883. The van der Waals surface area contributed by atoms with Gasteiger partial charge in [0.2, 0.25) is 0 Å². The van der Waals surface area contributed by atoms with E-state index in [9.17, 15) is 4.79 Å². The van der Waals surface area contributed by atoms with Crippen LogP contribution in [0.15, 0.2) is 30.3 Å². The largest absolute Gasteiger partial charge is 0.464 e. The lowest BCUT2D eigenvalue weighted by molar-refractivity contribution is -0.144. The highest BCUT2D eigenvalue weighted by atomic mass is 16.5. The molecule has 3 heteroatoms. The molecule has 0 bridgehead atoms. The molecule has 0 saturated carbocycles. The molecule has 0 aliphatic carbocycles. The van der Waals surface area contributed by atoms with E-state index in [2.05, 4.69) is 11.8 Å². The summed E-state index contributed by atoms with van der Waals surface area (Å²) in [5.74, 6) is 0.435. The Morgan fingerprint density at radius 1 is 1.41 bits per heavy atom. The molecule has 0 N–H and O–H groups in total. The van der Waals surface area contributed by atoms with Crippen molar-refractivity contribution >= 4 is 11.7 Å². The molecule has 92 valence electrons. The summed E-state index contributed by atoms with van der Waals surface area (Å²) in [5.41, 5.74) is 1.11. The van der Waals surface area contributed by atoms with Crippen LogP contribution in [0.1, 0.15) is 20.3 Å². The molecular formula is C14H19NO2. The molecule has 0 aromatic heterocycles. The number of carbonyl (C=O) groups excluding carboxylic acids is 1. The van der Waals surface area contributed by atoms with Crippen LogP contribution in [0.25, 0.3) is 0 Å². The van der Waals surface area contributed by atoms with E-state index in [0.717, 1.165) is 18.7 Å². The van der Waals surface area contributed by atoms with Crippen molar-refractivity contribution in [3.63, 3.8) is 0 Å². The van der Waals surface area contributed by atoms with Gasteiger partial charge in [0.05, 0.1) is 6.61 Å². The SMILES string of the molecule is CCOC(=O)[C@@H]1C[C@@H](C)CN1c1ccccc1. The quantitative estimate of drug-likeness (QED) is 0.751. The maximum Gasteiger partial charge on any atom is 0.328 e. The van der Waals surface area contributed by atoms with Crippen molar-refractivity contribution in [1.82, 2.24) is 0 Å². The van der Waals surface area contributed by atoms with Crippen LogP contribution in [0.5, 0.6) is 0 Å². The Labute approximate surface area is 102 Å². The van der Waals surface area contributed by atoms with Crippen molar-refractivity contribution < 1.29 is 9.53 Å². The fourth-order valence-corrected chi connectivity index (χ4v) is 2.41. The predicted octanol–water partition coefficient (Wildman–Crippen LogP) is 2.46. The van der Waals surface area contributed by atoms with Gasteiger partial charge in [0, 0.05) is 12.2 Å². The second-order valence-electron chi connectivity index (χ2n) is 4.60. The molecule has 1 aliphatic heterocycles. The Morgan fingerprint density at radius 2 is 2.12 bits per heavy atom. The lowest BCUT2D eigenvalue weighted by Crippen LogP contribution is -2.37. The third-order valence-corrected chi connectivity index (χ3v) is 3.16. The molecule has 0 amide bonds. The molecule has 2 rings (SSSR count). The number of anilines is 1. The van der Waals surface area contributed by atoms with E-state index in [1.807, 2.05) is 37.3 Å². The minimum atomic E-state index is -0.118. The molecule has 0 radical (unpaired) electrons. The normalized spacial score (nSPS) is 23.8. The van der Waals surface area contributed by atoms with Crippen molar-refractivity contribution in [2.75, 3.05) is 18.1 Å². The number of para-hydroxylation sites is 1. The third-order valence-electron chi connectivity index (χ3n) is 3.16. The summed E-state index contributed by atoms with van der Waals surface area (Å²) in [5, 5.41) is 0. The van der Waals surface area contributed by atoms with Crippen molar-refractivity contribution in [2.45, 2.75) is 26.3 Å². The Bertz CT molecular complexity index is 377. The zero-order valence-electron chi connectivity index (χ0n) is 10.4. The van der Waals surface area contributed by atoms with Gasteiger partial charge in [0.15, 0.2) is 0 Å². The van der Waals surface area contributed by atoms with Crippen LogP contribution >= 0.6 is 0 Å². The van der Waals surface area contributed by atoms with Crippen LogP contribution in [-0.4, -0.2) is 25.2 Å². The maximum absolute atomic E-state index is 11.9. The second kappa shape index (κ2) is 5.21. The van der Waals surface area contributed by atoms with Gasteiger partial charge in [-0.15, -0.1) is 0 Å². The number of hydrogen-bond donors (Lipinski definition) is 0. The second-order valence-corrected chi connectivity index (χ2v) is 4.60. The number of carbonyl (C=O) groups is 1. The van der Waals surface area contributed by atoms with E-state index in [1.165, 1.54) is 0 Å². The zero-order chi connectivity index (χ0) is 12.3. The standard InChI is InChI=1S/C14H19NO2/c1-3-17-14(16)13-9-11(2)10-15(13)12-7-5-4-6-8-12/h4-8,11,13H,3,9-10H2,1-2H3/t11-,13+/m1/s1. The summed E-state index contributed by atoms with van der Waals surface area (Å²) < 4.78 is 5.15. The van der Waals surface area contributed by atoms with Gasteiger partial charge in [-0.1, -0.05) is 25.1 Å². The Kier molecular flexibility index (Phi) is 3.67. The van der Waals surface area contributed by atoms with Gasteiger partial charge in [-0.05, 0) is 31.4 Å². The summed E-state index contributed by atoms with van der Waals surface area (Å²) in [6, 6.07) is 9.96. The van der Waals surface area contributed by atoms with E-state index in [4.69, 9.17) is 4.74 Å². The van der Waals surface area contributed by atoms with Gasteiger partial charge < -0.3 is 9.64 Å². The Hall–Kier alpha value is -1.51. The molecule has 3 nitrogen and oxygen atoms in total. The molecule has 1 heterocycles. The summed E-state index contributed by atoms with van der Waals surface area (Å²) in [4.78, 5) is 14.1. The average Bonchev–Trinajstić information content (AvgIpc) is 2.73. The van der Waals surface area contributed by atoms with Gasteiger partial charge in [-0.2, -0.15) is 0 Å². The summed E-state index contributed by atoms with van der Waals surface area (Å²) in [7, 11) is 0. The molecule has 0 unspecified atom stereocenters. The number of ether oxygens (including phenoxy) is 1. The molecular weight excluding hydrogens is 214 g/mol. The van der Waals surface area contributed by atoms with Gasteiger partial charge >= 0.3 is 5.97 Å². The van der Waals surface area contributed by atoms with Crippen LogP contribution in [0.4, 0.5) is 5.69 Å². The van der Waals surface area contributed by atoms with Gasteiger partial charge in [-0.3, -0.25) is 0 Å². The smallest absolute Gasteiger partial charge is 0.328 e. The molecule has 1 aromatic rings. The van der Waals surface area contributed by atoms with Crippen molar-refractivity contribution in [2.24, 2.45) is 5.92 Å². The zero-order valence-corrected chi connectivity index (χ0v) is 10.4. The number of rotatable bonds is 3. The third kappa shape index (κ3) is 2.60. The maximum atomic E-state index is 11.9. The first-order chi connectivity index (χ1) is 8.22. The number of esters is 1. The number of benzene rings is 1. The van der Waals surface area contributed by atoms with Gasteiger partial charge in [0.25, 0.3) is 0 Å². The molecule has 2 atom stereocenters. The number of nitrogens with zero attached hydrogens (tertiary/aromatic N) is 1. The lowest BCUT2D eigenvalue weighted by atomic mass is 10.1. The summed E-state index contributed by atoms with van der Waals surface area (Å²) in [6.45, 7) is 5.40. The molecule has 0 spiro atoms. The van der Waals surface area contributed by atoms with Crippen LogP contribution in [0.2, 0.25) is 0 Å². The van der Waals surface area contributed by atoms with Crippen LogP contribution in [-0.2, 0) is 9.53 Å². The average molecular weight is 233 g/mol. The fourth-order valence-electron chi connectivity index (χ4n) is 2.41. The van der Waals surface area contributed by atoms with E-state index in [0.29, 0.717) is 12.5 Å². The fraction of sp³-hybridized carbons (Fsp3) is 0.500. The molecule has 17 heavy (non-hydrogen) atoms. The lowest BCUT2D eigenvalue weighted by Gasteiger charge is -2.25. The minimum absolute atomic E-state index is 0.0966. The highest BCUT2D eigenvalue weighted by Gasteiger charge is 2.35. The minimum Gasteiger partial charge on any atom is -0.464 e. The monoisotopic (exact) mass is 233 g/mol. The molecule has 1 aliphatic rings. The highest BCUT2D eigenvalue weighted by molar-refractivity contribution is 5.81. The van der Waals surface area contributed by atoms with Crippen molar-refractivity contribution in [1.29, 1.82) is 0 Å². The predicted molar refractivity (Wildman–Crippen MR) is 68.0 cm³/mol. The van der Waals surface area contributed by atoms with E-state index in [1.54, 1.807) is 0 Å². The molecule has 1 saturated heterocycles. The number of hydrogen-bond acceptors (Lipinski definition) is 3. The topological polar surface area (TPSA) is 29.5 Å². The first-order valence-electron chi connectivity index (χ1n) is 6.20. The molecule has 1 aromatic carbocycles. The van der Waals surface area contributed by atoms with E-state index >= 15 is 0 Å². The van der Waals surface area contributed by atoms with Crippen molar-refractivity contribution in [3.8, 4) is 0 Å². The van der Waals surface area contributed by atoms with E-state index < -0.39 is 0 Å². The van der Waals surface area contributed by atoms with E-state index in [-0.39, 0.29) is 12.0 Å².